The molecule has 2 aromatic carbocycles. The van der Waals surface area contributed by atoms with Gasteiger partial charge in [-0.25, -0.2) is 0 Å². The molecule has 0 heterocycles. The van der Waals surface area contributed by atoms with E-state index in [0.717, 1.165) is 13.1 Å². The lowest BCUT2D eigenvalue weighted by atomic mass is 10.1. The molecule has 0 unspecified atom stereocenters. The summed E-state index contributed by atoms with van der Waals surface area (Å²) in [6.45, 7) is 6.78. The Morgan fingerprint density at radius 3 is 1.64 bits per heavy atom. The van der Waals surface area contributed by atoms with Gasteiger partial charge in [-0.15, -0.1) is 0 Å². The Morgan fingerprint density at radius 2 is 1.18 bits per heavy atom. The lowest BCUT2D eigenvalue weighted by Crippen LogP contribution is -2.39. The van der Waals surface area contributed by atoms with Crippen molar-refractivity contribution in [2.24, 2.45) is 0 Å². The molecule has 0 saturated carbocycles. The minimum atomic E-state index is -0.733. The minimum absolute atomic E-state index is 0. The molecule has 0 spiro atoms. The predicted octanol–water partition coefficient (Wildman–Crippen LogP) is 8.93. The number of aliphatic hydroxyl groups excluding tert-OH is 1. The van der Waals surface area contributed by atoms with Crippen molar-refractivity contribution in [1.82, 2.24) is 4.90 Å². The minimum Gasteiger partial charge on any atom is -0.387 e. The molecule has 2 atom stereocenters. The summed E-state index contributed by atoms with van der Waals surface area (Å²) in [6, 6.07) is 20.3. The van der Waals surface area contributed by atoms with Crippen molar-refractivity contribution in [2.45, 2.75) is 32.2 Å². The third-order valence-corrected chi connectivity index (χ3v) is 4.50. The molecule has 0 aliphatic rings. The van der Waals surface area contributed by atoms with Crippen LogP contribution in [0.25, 0.3) is 0 Å². The summed E-state index contributed by atoms with van der Waals surface area (Å²) in [5.41, 5.74) is 33.2. The molecule has 0 aliphatic carbocycles. The fourth-order valence-electron chi connectivity index (χ4n) is 2.79. The summed E-state index contributed by atoms with van der Waals surface area (Å²) in [6.07, 6.45) is 0.832. The number of hydrogen-bond donors (Lipinski definition) is 1. The molecule has 0 aromatic heterocycles. The van der Waals surface area contributed by atoms with Crippen molar-refractivity contribution in [2.75, 3.05) is 0 Å². The van der Waals surface area contributed by atoms with Crippen LogP contribution in [0.5, 0.6) is 0 Å². The normalized spacial score (nSPS) is 10.3. The Labute approximate surface area is 216 Å². The van der Waals surface area contributed by atoms with E-state index in [0.29, 0.717) is 0 Å². The second kappa shape index (κ2) is 15.3. The largest absolute Gasteiger partial charge is 0.387 e. The van der Waals surface area contributed by atoms with Gasteiger partial charge in [0.1, 0.15) is 0 Å². The van der Waals surface area contributed by atoms with Crippen molar-refractivity contribution in [3.8, 4) is 0 Å². The molecule has 2 nitrogen and oxygen atoms in total. The highest BCUT2D eigenvalue weighted by Gasteiger charge is 2.20. The summed E-state index contributed by atoms with van der Waals surface area (Å²) in [7, 11) is 0. The second-order valence-electron chi connectivity index (χ2n) is 6.85. The molecule has 0 fully saturated rings. The molecule has 2 heteroatoms. The molecule has 186 valence electrons. The highest BCUT2D eigenvalue weighted by Crippen LogP contribution is 2.16. The first-order valence-corrected chi connectivity index (χ1v) is 10.3. The summed E-state index contributed by atoms with van der Waals surface area (Å²) in [5.74, 6) is 0. The van der Waals surface area contributed by atoms with E-state index in [4.69, 9.17) is 0 Å². The summed E-state index contributed by atoms with van der Waals surface area (Å²) < 4.78 is 0. The van der Waals surface area contributed by atoms with Crippen molar-refractivity contribution in [3.63, 3.8) is 0 Å². The van der Waals surface area contributed by atoms with Gasteiger partial charge in [0.25, 0.3) is 0 Å². The molecule has 0 aliphatic heterocycles. The van der Waals surface area contributed by atoms with Crippen LogP contribution in [0, 0.1) is 0 Å². The van der Waals surface area contributed by atoms with E-state index >= 15 is 0 Å². The first-order chi connectivity index (χ1) is 16.2. The zero-order valence-corrected chi connectivity index (χ0v) is 18.5. The molecule has 0 amide bonds. The van der Waals surface area contributed by atoms with Gasteiger partial charge in [0.05, 0.1) is 6.10 Å². The van der Waals surface area contributed by atoms with Crippen molar-refractivity contribution in [1.29, 1.82) is 0 Å². The topological polar surface area (TPSA) is 23.5 Å². The summed E-state index contributed by atoms with van der Waals surface area (Å²) >= 11 is 0. The lowest BCUT2D eigenvalue weighted by Gasteiger charge is -2.31. The molecule has 2 aromatic rings. The standard InChI is InChI=1S/C31H23NO.14H2/c1-3-4-5-6-7-8-9-10-11-12-13-20-25-31(33)28(2)32(26-29-21-16-14-17-22-29)27-30-23-18-15-19-24-30;;;;;;;;;;;;;;/h14-19,21-25,28,31,33H,1,26-27H2,2H3;14*1H/t28-,31-;;;;;;;;;;;;;;/m0............../s1. The Morgan fingerprint density at radius 1 is 0.758 bits per heavy atom. The maximum atomic E-state index is 10.7. The molecular formula is C31H51NO. The quantitative estimate of drug-likeness (QED) is 0.423. The number of rotatable bonds is 7. The Hall–Kier alpha value is -4.54. The van der Waals surface area contributed by atoms with Gasteiger partial charge in [0.15, 0.2) is 0 Å². The first kappa shape index (κ1) is 24.7. The predicted molar refractivity (Wildman–Crippen MR) is 160 cm³/mol. The number of nitrogens with zero attached hydrogens (tertiary/aromatic N) is 1. The second-order valence-corrected chi connectivity index (χ2v) is 6.85. The number of aliphatic hydroxyl groups is 1. The van der Waals surface area contributed by atoms with Crippen LogP contribution in [0.1, 0.15) is 38.0 Å². The van der Waals surface area contributed by atoms with Crippen molar-refractivity contribution < 1.29 is 25.1 Å². The van der Waals surface area contributed by atoms with Crippen LogP contribution in [0.3, 0.4) is 0 Å². The SMILES string of the molecule is C=C=C=C=C=C=C=C=C=C=C=C=C=C[C@H](O)[C@H](C)N(Cc1ccccc1)Cc1ccccc1.[HH].[HH].[HH].[HH].[HH].[HH].[HH].[HH].[HH].[HH].[HH].[HH].[HH].[HH]. The monoisotopic (exact) mass is 453 g/mol. The van der Waals surface area contributed by atoms with Crippen LogP contribution >= 0.6 is 0 Å². The first-order valence-electron chi connectivity index (χ1n) is 10.3. The number of benzene rings is 2. The maximum Gasteiger partial charge on any atom is 0.0953 e. The molecule has 0 radical (unpaired) electrons. The van der Waals surface area contributed by atoms with Crippen LogP contribution in [-0.2, 0) is 13.1 Å². The highest BCUT2D eigenvalue weighted by molar-refractivity contribution is 5.17. The van der Waals surface area contributed by atoms with Crippen LogP contribution < -0.4 is 0 Å². The fraction of sp³-hybridized carbons (Fsp3) is 0.161. The zero-order valence-electron chi connectivity index (χ0n) is 18.5. The molecular weight excluding hydrogens is 402 g/mol. The van der Waals surface area contributed by atoms with Crippen LogP contribution in [0.2, 0.25) is 0 Å². The van der Waals surface area contributed by atoms with Gasteiger partial charge in [-0.05, 0) is 88.0 Å². The van der Waals surface area contributed by atoms with Gasteiger partial charge in [0, 0.05) is 39.1 Å². The van der Waals surface area contributed by atoms with E-state index in [-0.39, 0.29) is 26.0 Å². The van der Waals surface area contributed by atoms with Gasteiger partial charge in [-0.2, -0.15) is 0 Å². The van der Waals surface area contributed by atoms with E-state index in [1.54, 1.807) is 6.08 Å². The maximum absolute atomic E-state index is 10.7. The molecule has 0 saturated heterocycles. The molecule has 0 bridgehead atoms. The van der Waals surface area contributed by atoms with Crippen LogP contribution in [-0.4, -0.2) is 22.2 Å². The van der Waals surface area contributed by atoms with E-state index < -0.39 is 6.10 Å². The fourth-order valence-corrected chi connectivity index (χ4v) is 2.79. The van der Waals surface area contributed by atoms with Crippen molar-refractivity contribution in [3.05, 3.63) is 153 Å². The Kier molecular flexibility index (Phi) is 11.5. The average molecular weight is 454 g/mol. The van der Waals surface area contributed by atoms with E-state index in [1.807, 2.05) is 43.3 Å². The molecule has 1 N–H and O–H groups in total. The smallest absolute Gasteiger partial charge is 0.0953 e. The van der Waals surface area contributed by atoms with E-state index in [9.17, 15) is 5.11 Å². The highest BCUT2D eigenvalue weighted by atomic mass is 16.3. The third kappa shape index (κ3) is 10.4. The summed E-state index contributed by atoms with van der Waals surface area (Å²) in [5, 5.41) is 10.7. The Bertz CT molecular complexity index is 1370. The number of hydrogen-bond acceptors (Lipinski definition) is 2. The van der Waals surface area contributed by atoms with Gasteiger partial charge in [-0.1, -0.05) is 72.1 Å². The Balaban J connectivity index is -0.0000000751. The van der Waals surface area contributed by atoms with Gasteiger partial charge in [-0.3, -0.25) is 4.90 Å². The lowest BCUT2D eigenvalue weighted by molar-refractivity contribution is 0.0781. The van der Waals surface area contributed by atoms with Crippen LogP contribution in [0.4, 0.5) is 0 Å². The average Bonchev–Trinajstić information content (AvgIpc) is 2.85. The van der Waals surface area contributed by atoms with E-state index in [2.05, 4.69) is 105 Å². The van der Waals surface area contributed by atoms with E-state index in [1.165, 1.54) is 11.1 Å². The van der Waals surface area contributed by atoms with Crippen molar-refractivity contribution >= 4 is 0 Å². The van der Waals surface area contributed by atoms with Crippen LogP contribution in [0.15, 0.2) is 142 Å². The van der Waals surface area contributed by atoms with Gasteiger partial charge < -0.3 is 5.11 Å². The molecule has 33 heavy (non-hydrogen) atoms. The van der Waals surface area contributed by atoms with Gasteiger partial charge in [0.2, 0.25) is 0 Å². The third-order valence-electron chi connectivity index (χ3n) is 4.50. The zero-order chi connectivity index (χ0) is 23.6. The summed E-state index contributed by atoms with van der Waals surface area (Å²) in [4.78, 5) is 2.23. The molecule has 2 rings (SSSR count). The van der Waals surface area contributed by atoms with Gasteiger partial charge >= 0.3 is 0 Å².